The molecule has 6 heteroatoms. The summed E-state index contributed by atoms with van der Waals surface area (Å²) in [4.78, 5) is 25.4. The van der Waals surface area contributed by atoms with Crippen LogP contribution < -0.4 is 20.1 Å². The first kappa shape index (κ1) is 21.9. The Hall–Kier alpha value is -3.80. The Bertz CT molecular complexity index is 977. The molecule has 0 heterocycles. The summed E-state index contributed by atoms with van der Waals surface area (Å²) in [5, 5.41) is 5.69. The van der Waals surface area contributed by atoms with Gasteiger partial charge < -0.3 is 20.1 Å². The second-order valence-corrected chi connectivity index (χ2v) is 6.87. The Kier molecular flexibility index (Phi) is 8.05. The molecule has 0 radical (unpaired) electrons. The molecule has 0 bridgehead atoms. The van der Waals surface area contributed by atoms with Gasteiger partial charge in [-0.25, -0.2) is 0 Å². The molecule has 1 unspecified atom stereocenters. The van der Waals surface area contributed by atoms with Crippen LogP contribution in [0.5, 0.6) is 11.5 Å². The minimum atomic E-state index is -0.707. The Labute approximate surface area is 182 Å². The summed E-state index contributed by atoms with van der Waals surface area (Å²) in [6, 6.07) is 25.1. The number of rotatable bonds is 10. The van der Waals surface area contributed by atoms with Crippen molar-refractivity contribution >= 4 is 11.8 Å². The van der Waals surface area contributed by atoms with E-state index in [0.29, 0.717) is 30.0 Å². The van der Waals surface area contributed by atoms with E-state index in [1.54, 1.807) is 37.4 Å². The van der Waals surface area contributed by atoms with Crippen molar-refractivity contribution in [2.45, 2.75) is 12.5 Å². The third kappa shape index (κ3) is 6.60. The lowest BCUT2D eigenvalue weighted by atomic mass is 10.0. The molecular weight excluding hydrogens is 392 g/mol. The lowest BCUT2D eigenvalue weighted by Gasteiger charge is -2.19. The van der Waals surface area contributed by atoms with Crippen molar-refractivity contribution in [2.24, 2.45) is 0 Å². The van der Waals surface area contributed by atoms with Crippen LogP contribution in [0.4, 0.5) is 0 Å². The molecule has 0 aromatic heterocycles. The van der Waals surface area contributed by atoms with Gasteiger partial charge in [0.1, 0.15) is 12.6 Å². The number of hydrogen-bond acceptors (Lipinski definition) is 4. The summed E-state index contributed by atoms with van der Waals surface area (Å²) in [6.45, 7) is 0.570. The Balaban J connectivity index is 1.59. The predicted octanol–water partition coefficient (Wildman–Crippen LogP) is 3.23. The maximum absolute atomic E-state index is 12.8. The van der Waals surface area contributed by atoms with Crippen LogP contribution >= 0.6 is 0 Å². The SMILES string of the molecule is COc1ccccc1OCCNC(=O)C(Cc1ccccc1)NC(=O)c1ccccc1. The maximum Gasteiger partial charge on any atom is 0.251 e. The molecule has 3 aromatic carbocycles. The Morgan fingerprint density at radius 1 is 0.839 bits per heavy atom. The van der Waals surface area contributed by atoms with Gasteiger partial charge in [0.25, 0.3) is 5.91 Å². The summed E-state index contributed by atoms with van der Waals surface area (Å²) in [6.07, 6.45) is 0.388. The molecule has 3 aromatic rings. The highest BCUT2D eigenvalue weighted by molar-refractivity contribution is 5.97. The highest BCUT2D eigenvalue weighted by atomic mass is 16.5. The van der Waals surface area contributed by atoms with Crippen LogP contribution in [0.1, 0.15) is 15.9 Å². The third-order valence-electron chi connectivity index (χ3n) is 4.67. The molecule has 2 N–H and O–H groups in total. The minimum Gasteiger partial charge on any atom is -0.493 e. The van der Waals surface area contributed by atoms with E-state index in [0.717, 1.165) is 5.56 Å². The number of benzene rings is 3. The zero-order valence-corrected chi connectivity index (χ0v) is 17.4. The van der Waals surface area contributed by atoms with Crippen LogP contribution in [0.25, 0.3) is 0 Å². The first-order valence-electron chi connectivity index (χ1n) is 10.1. The van der Waals surface area contributed by atoms with Gasteiger partial charge in [-0.1, -0.05) is 60.7 Å². The van der Waals surface area contributed by atoms with E-state index in [-0.39, 0.29) is 18.4 Å². The van der Waals surface area contributed by atoms with Gasteiger partial charge in [0.15, 0.2) is 11.5 Å². The van der Waals surface area contributed by atoms with Crippen molar-refractivity contribution in [3.05, 3.63) is 96.1 Å². The molecule has 0 saturated heterocycles. The average molecular weight is 418 g/mol. The van der Waals surface area contributed by atoms with Gasteiger partial charge in [0, 0.05) is 12.0 Å². The molecule has 1 atom stereocenters. The van der Waals surface area contributed by atoms with Crippen molar-refractivity contribution in [3.63, 3.8) is 0 Å². The maximum atomic E-state index is 12.8. The molecule has 160 valence electrons. The number of para-hydroxylation sites is 2. The van der Waals surface area contributed by atoms with E-state index >= 15 is 0 Å². The molecule has 0 aliphatic heterocycles. The van der Waals surface area contributed by atoms with Crippen LogP contribution in [-0.4, -0.2) is 38.1 Å². The fraction of sp³-hybridized carbons (Fsp3) is 0.200. The predicted molar refractivity (Wildman–Crippen MR) is 119 cm³/mol. The van der Waals surface area contributed by atoms with E-state index in [1.165, 1.54) is 0 Å². The van der Waals surface area contributed by atoms with Gasteiger partial charge >= 0.3 is 0 Å². The molecule has 6 nitrogen and oxygen atoms in total. The summed E-state index contributed by atoms with van der Waals surface area (Å²) in [5.74, 6) is 0.682. The number of carbonyl (C=O) groups excluding carboxylic acids is 2. The third-order valence-corrected chi connectivity index (χ3v) is 4.67. The zero-order chi connectivity index (χ0) is 21.9. The van der Waals surface area contributed by atoms with Crippen molar-refractivity contribution < 1.29 is 19.1 Å². The van der Waals surface area contributed by atoms with E-state index in [2.05, 4.69) is 10.6 Å². The molecule has 0 saturated carbocycles. The highest BCUT2D eigenvalue weighted by Crippen LogP contribution is 2.25. The summed E-state index contributed by atoms with van der Waals surface area (Å²) in [5.41, 5.74) is 1.47. The lowest BCUT2D eigenvalue weighted by molar-refractivity contribution is -0.123. The van der Waals surface area contributed by atoms with Crippen molar-refractivity contribution in [1.82, 2.24) is 10.6 Å². The number of amides is 2. The molecule has 3 rings (SSSR count). The molecular formula is C25H26N2O4. The van der Waals surface area contributed by atoms with Crippen LogP contribution in [0.15, 0.2) is 84.9 Å². The monoisotopic (exact) mass is 418 g/mol. The molecule has 0 spiro atoms. The van der Waals surface area contributed by atoms with E-state index in [9.17, 15) is 9.59 Å². The summed E-state index contributed by atoms with van der Waals surface area (Å²) in [7, 11) is 1.58. The fourth-order valence-electron chi connectivity index (χ4n) is 3.09. The van der Waals surface area contributed by atoms with Gasteiger partial charge in [0.2, 0.25) is 5.91 Å². The van der Waals surface area contributed by atoms with Crippen LogP contribution in [-0.2, 0) is 11.2 Å². The molecule has 0 aliphatic rings. The quantitative estimate of drug-likeness (QED) is 0.496. The van der Waals surface area contributed by atoms with Crippen molar-refractivity contribution in [1.29, 1.82) is 0 Å². The van der Waals surface area contributed by atoms with Crippen molar-refractivity contribution in [2.75, 3.05) is 20.3 Å². The number of carbonyl (C=O) groups is 2. The summed E-state index contributed by atoms with van der Waals surface area (Å²) >= 11 is 0. The standard InChI is InChI=1S/C25H26N2O4/c1-30-22-14-8-9-15-23(22)31-17-16-26-25(29)21(18-19-10-4-2-5-11-19)27-24(28)20-12-6-3-7-13-20/h2-15,21H,16-18H2,1H3,(H,26,29)(H,27,28). The van der Waals surface area contributed by atoms with Crippen LogP contribution in [0.2, 0.25) is 0 Å². The van der Waals surface area contributed by atoms with Gasteiger partial charge in [-0.05, 0) is 29.8 Å². The van der Waals surface area contributed by atoms with Crippen LogP contribution in [0, 0.1) is 0 Å². The summed E-state index contributed by atoms with van der Waals surface area (Å²) < 4.78 is 11.0. The second-order valence-electron chi connectivity index (χ2n) is 6.87. The zero-order valence-electron chi connectivity index (χ0n) is 17.4. The number of methoxy groups -OCH3 is 1. The first-order valence-corrected chi connectivity index (χ1v) is 10.1. The largest absolute Gasteiger partial charge is 0.493 e. The second kappa shape index (κ2) is 11.4. The van der Waals surface area contributed by atoms with Gasteiger partial charge in [0.05, 0.1) is 13.7 Å². The topological polar surface area (TPSA) is 76.7 Å². The lowest BCUT2D eigenvalue weighted by Crippen LogP contribution is -2.48. The van der Waals surface area contributed by atoms with Crippen LogP contribution in [0.3, 0.4) is 0 Å². The van der Waals surface area contributed by atoms with Gasteiger partial charge in [-0.3, -0.25) is 9.59 Å². The Morgan fingerprint density at radius 3 is 2.13 bits per heavy atom. The van der Waals surface area contributed by atoms with Gasteiger partial charge in [-0.2, -0.15) is 0 Å². The average Bonchev–Trinajstić information content (AvgIpc) is 2.82. The molecule has 31 heavy (non-hydrogen) atoms. The van der Waals surface area contributed by atoms with E-state index in [4.69, 9.17) is 9.47 Å². The number of hydrogen-bond donors (Lipinski definition) is 2. The fourth-order valence-corrected chi connectivity index (χ4v) is 3.09. The smallest absolute Gasteiger partial charge is 0.251 e. The minimum absolute atomic E-state index is 0.267. The molecule has 0 fully saturated rings. The van der Waals surface area contributed by atoms with E-state index in [1.807, 2.05) is 54.6 Å². The normalized spacial score (nSPS) is 11.3. The van der Waals surface area contributed by atoms with E-state index < -0.39 is 6.04 Å². The highest BCUT2D eigenvalue weighted by Gasteiger charge is 2.21. The number of nitrogens with one attached hydrogen (secondary N) is 2. The first-order chi connectivity index (χ1) is 15.2. The van der Waals surface area contributed by atoms with Gasteiger partial charge in [-0.15, -0.1) is 0 Å². The number of ether oxygens (including phenoxy) is 2. The van der Waals surface area contributed by atoms with Crippen molar-refractivity contribution in [3.8, 4) is 11.5 Å². The Morgan fingerprint density at radius 2 is 1.45 bits per heavy atom. The molecule has 0 aliphatic carbocycles. The molecule has 2 amide bonds.